The average molecular weight is 435 g/mol. The molecule has 1 atom stereocenters. The van der Waals surface area contributed by atoms with Gasteiger partial charge in [-0.05, 0) is 30.0 Å². The fourth-order valence-corrected chi connectivity index (χ4v) is 4.26. The van der Waals surface area contributed by atoms with Gasteiger partial charge in [0.2, 0.25) is 15.9 Å². The number of benzene rings is 2. The van der Waals surface area contributed by atoms with E-state index in [1.165, 1.54) is 39.5 Å². The first kappa shape index (κ1) is 23.7. The zero-order valence-electron chi connectivity index (χ0n) is 18.1. The van der Waals surface area contributed by atoms with Gasteiger partial charge >= 0.3 is 0 Å². The topological polar surface area (TPSA) is 84.9 Å². The van der Waals surface area contributed by atoms with Gasteiger partial charge in [-0.1, -0.05) is 44.2 Å². The second-order valence-electron chi connectivity index (χ2n) is 7.44. The maximum Gasteiger partial charge on any atom is 0.243 e. The molecule has 0 aliphatic carbocycles. The van der Waals surface area contributed by atoms with E-state index >= 15 is 0 Å². The average Bonchev–Trinajstić information content (AvgIpc) is 2.72. The van der Waals surface area contributed by atoms with Crippen LogP contribution in [0, 0.1) is 5.92 Å². The van der Waals surface area contributed by atoms with Crippen molar-refractivity contribution in [3.05, 3.63) is 54.1 Å². The van der Waals surface area contributed by atoms with Crippen molar-refractivity contribution in [2.75, 3.05) is 27.8 Å². The monoisotopic (exact) mass is 434 g/mol. The first-order valence-corrected chi connectivity index (χ1v) is 11.2. The Morgan fingerprint density at radius 3 is 2.23 bits per heavy atom. The van der Waals surface area contributed by atoms with Crippen molar-refractivity contribution in [2.24, 2.45) is 5.92 Å². The number of nitrogens with zero attached hydrogens (tertiary/aromatic N) is 1. The molecule has 7 nitrogen and oxygen atoms in total. The molecule has 0 saturated heterocycles. The molecule has 164 valence electrons. The largest absolute Gasteiger partial charge is 0.493 e. The molecule has 2 aromatic carbocycles. The molecule has 0 heterocycles. The van der Waals surface area contributed by atoms with Crippen molar-refractivity contribution in [3.63, 3.8) is 0 Å². The summed E-state index contributed by atoms with van der Waals surface area (Å²) in [6.45, 7) is 3.86. The molecule has 0 aliphatic rings. The molecule has 0 radical (unpaired) electrons. The first-order chi connectivity index (χ1) is 14.2. The number of sulfonamides is 1. The Labute approximate surface area is 179 Å². The van der Waals surface area contributed by atoms with Crippen LogP contribution in [0.4, 0.5) is 0 Å². The van der Waals surface area contributed by atoms with Gasteiger partial charge < -0.3 is 14.8 Å². The molecule has 0 aliphatic heterocycles. The SMILES string of the molecule is COc1ccc(S(=O)(=O)N(C)CC(=O)N[C@H](CC(C)C)c2ccccc2)cc1OC. The summed E-state index contributed by atoms with van der Waals surface area (Å²) in [5.41, 5.74) is 0.991. The standard InChI is InChI=1S/C22H30N2O5S/c1-16(2)13-19(17-9-7-6-8-10-17)23-22(25)15-24(3)30(26,27)18-11-12-20(28-4)21(14-18)29-5/h6-12,14,16,19H,13,15H2,1-5H3,(H,23,25)/t19-/m1/s1. The molecular formula is C22H30N2O5S. The van der Waals surface area contributed by atoms with Gasteiger partial charge in [-0.25, -0.2) is 8.42 Å². The smallest absolute Gasteiger partial charge is 0.243 e. The number of carbonyl (C=O) groups is 1. The van der Waals surface area contributed by atoms with Crippen LogP contribution in [0.5, 0.6) is 11.5 Å². The van der Waals surface area contributed by atoms with Crippen LogP contribution >= 0.6 is 0 Å². The lowest BCUT2D eigenvalue weighted by Gasteiger charge is -2.23. The second-order valence-corrected chi connectivity index (χ2v) is 9.48. The molecule has 0 spiro atoms. The van der Waals surface area contributed by atoms with Gasteiger partial charge in [0.05, 0.1) is 31.7 Å². The Bertz CT molecular complexity index is 945. The van der Waals surface area contributed by atoms with E-state index in [1.54, 1.807) is 0 Å². The Balaban J connectivity index is 2.15. The van der Waals surface area contributed by atoms with Crippen LogP contribution in [0.2, 0.25) is 0 Å². The van der Waals surface area contributed by atoms with Crippen molar-refractivity contribution in [2.45, 2.75) is 31.2 Å². The van der Waals surface area contributed by atoms with Crippen molar-refractivity contribution in [1.82, 2.24) is 9.62 Å². The summed E-state index contributed by atoms with van der Waals surface area (Å²) in [6, 6.07) is 13.8. The van der Waals surface area contributed by atoms with E-state index in [2.05, 4.69) is 19.2 Å². The van der Waals surface area contributed by atoms with E-state index in [-0.39, 0.29) is 23.4 Å². The highest BCUT2D eigenvalue weighted by Crippen LogP contribution is 2.30. The predicted molar refractivity (Wildman–Crippen MR) is 116 cm³/mol. The van der Waals surface area contributed by atoms with Crippen LogP contribution in [0.15, 0.2) is 53.4 Å². The van der Waals surface area contributed by atoms with Gasteiger partial charge in [-0.2, -0.15) is 4.31 Å². The van der Waals surface area contributed by atoms with Crippen LogP contribution in [0.25, 0.3) is 0 Å². The molecule has 8 heteroatoms. The Morgan fingerprint density at radius 2 is 1.67 bits per heavy atom. The Hall–Kier alpha value is -2.58. The van der Waals surface area contributed by atoms with Crippen LogP contribution in [0.1, 0.15) is 31.9 Å². The van der Waals surface area contributed by atoms with E-state index in [9.17, 15) is 13.2 Å². The molecule has 0 bridgehead atoms. The molecule has 30 heavy (non-hydrogen) atoms. The highest BCUT2D eigenvalue weighted by molar-refractivity contribution is 7.89. The van der Waals surface area contributed by atoms with Gasteiger partial charge in [-0.3, -0.25) is 4.79 Å². The van der Waals surface area contributed by atoms with Crippen LogP contribution < -0.4 is 14.8 Å². The van der Waals surface area contributed by atoms with Crippen molar-refractivity contribution >= 4 is 15.9 Å². The zero-order chi connectivity index (χ0) is 22.3. The van der Waals surface area contributed by atoms with E-state index < -0.39 is 10.0 Å². The highest BCUT2D eigenvalue weighted by Gasteiger charge is 2.25. The third kappa shape index (κ3) is 5.96. The Morgan fingerprint density at radius 1 is 1.03 bits per heavy atom. The van der Waals surface area contributed by atoms with Crippen LogP contribution in [-0.4, -0.2) is 46.4 Å². The van der Waals surface area contributed by atoms with E-state index in [4.69, 9.17) is 9.47 Å². The summed E-state index contributed by atoms with van der Waals surface area (Å²) in [7, 11) is 0.412. The molecule has 0 unspecified atom stereocenters. The molecule has 1 N–H and O–H groups in total. The third-order valence-electron chi connectivity index (χ3n) is 4.67. The number of methoxy groups -OCH3 is 2. The molecular weight excluding hydrogens is 404 g/mol. The fourth-order valence-electron chi connectivity index (χ4n) is 3.12. The lowest BCUT2D eigenvalue weighted by atomic mass is 9.97. The predicted octanol–water partition coefficient (Wildman–Crippen LogP) is 3.23. The van der Waals surface area contributed by atoms with E-state index in [1.807, 2.05) is 30.3 Å². The zero-order valence-corrected chi connectivity index (χ0v) is 18.9. The number of nitrogens with one attached hydrogen (secondary N) is 1. The Kier molecular flexibility index (Phi) is 8.25. The fraction of sp³-hybridized carbons (Fsp3) is 0.409. The van der Waals surface area contributed by atoms with Crippen molar-refractivity contribution in [1.29, 1.82) is 0 Å². The summed E-state index contributed by atoms with van der Waals surface area (Å²) in [6.07, 6.45) is 0.752. The normalized spacial score (nSPS) is 12.6. The number of hydrogen-bond donors (Lipinski definition) is 1. The highest BCUT2D eigenvalue weighted by atomic mass is 32.2. The van der Waals surface area contributed by atoms with E-state index in [0.717, 1.165) is 16.3 Å². The summed E-state index contributed by atoms with van der Waals surface area (Å²) < 4.78 is 37.2. The number of rotatable bonds is 10. The van der Waals surface area contributed by atoms with Gasteiger partial charge in [0.1, 0.15) is 0 Å². The summed E-state index contributed by atoms with van der Waals surface area (Å²) in [4.78, 5) is 12.7. The number of carbonyl (C=O) groups excluding carboxylic acids is 1. The molecule has 0 fully saturated rings. The minimum absolute atomic E-state index is 0.0252. The first-order valence-electron chi connectivity index (χ1n) is 9.71. The molecule has 0 aromatic heterocycles. The van der Waals surface area contributed by atoms with Crippen LogP contribution in [0.3, 0.4) is 0 Å². The number of likely N-dealkylation sites (N-methyl/N-ethyl adjacent to an activating group) is 1. The maximum atomic E-state index is 12.9. The summed E-state index contributed by atoms with van der Waals surface area (Å²) >= 11 is 0. The van der Waals surface area contributed by atoms with Crippen LogP contribution in [-0.2, 0) is 14.8 Å². The molecule has 0 saturated carbocycles. The minimum atomic E-state index is -3.88. The summed E-state index contributed by atoms with van der Waals surface area (Å²) in [5, 5.41) is 2.97. The summed E-state index contributed by atoms with van der Waals surface area (Å²) in [5.74, 6) is 0.730. The molecule has 2 aromatic rings. The van der Waals surface area contributed by atoms with Gasteiger partial charge in [0.15, 0.2) is 11.5 Å². The lowest BCUT2D eigenvalue weighted by molar-refractivity contribution is -0.122. The molecule has 1 amide bonds. The van der Waals surface area contributed by atoms with Crippen molar-refractivity contribution in [3.8, 4) is 11.5 Å². The number of hydrogen-bond acceptors (Lipinski definition) is 5. The maximum absolute atomic E-state index is 12.9. The number of ether oxygens (including phenoxy) is 2. The third-order valence-corrected chi connectivity index (χ3v) is 6.47. The number of amides is 1. The molecule has 2 rings (SSSR count). The van der Waals surface area contributed by atoms with E-state index in [0.29, 0.717) is 17.4 Å². The second kappa shape index (κ2) is 10.4. The van der Waals surface area contributed by atoms with Gasteiger partial charge in [0, 0.05) is 13.1 Å². The van der Waals surface area contributed by atoms with Gasteiger partial charge in [0.25, 0.3) is 0 Å². The minimum Gasteiger partial charge on any atom is -0.493 e. The lowest BCUT2D eigenvalue weighted by Crippen LogP contribution is -2.40. The quantitative estimate of drug-likeness (QED) is 0.621. The van der Waals surface area contributed by atoms with Crippen molar-refractivity contribution < 1.29 is 22.7 Å². The van der Waals surface area contributed by atoms with Gasteiger partial charge in [-0.15, -0.1) is 0 Å².